The highest BCUT2D eigenvalue weighted by Crippen LogP contribution is 2.39. The normalized spacial score (nSPS) is 14.3. The SMILES string of the molecule is O=C(Nc1ccccc1)c1c(NC(=O)C(F)(F)Br)sc2c1CCCCC2. The summed E-state index contributed by atoms with van der Waals surface area (Å²) in [5.41, 5.74) is 1.75. The molecule has 0 unspecified atom stereocenters. The van der Waals surface area contributed by atoms with Gasteiger partial charge in [-0.2, -0.15) is 8.78 Å². The highest BCUT2D eigenvalue weighted by molar-refractivity contribution is 9.10. The van der Waals surface area contributed by atoms with Crippen LogP contribution in [0.5, 0.6) is 0 Å². The summed E-state index contributed by atoms with van der Waals surface area (Å²) in [6.45, 7) is 0. The van der Waals surface area contributed by atoms with Crippen LogP contribution < -0.4 is 10.6 Å². The van der Waals surface area contributed by atoms with Gasteiger partial charge < -0.3 is 10.6 Å². The number of aryl methyl sites for hydroxylation is 1. The number of anilines is 2. The van der Waals surface area contributed by atoms with Crippen molar-refractivity contribution in [2.45, 2.75) is 36.9 Å². The van der Waals surface area contributed by atoms with Gasteiger partial charge in [-0.3, -0.25) is 9.59 Å². The van der Waals surface area contributed by atoms with Crippen LogP contribution in [0.4, 0.5) is 19.5 Å². The molecule has 1 heterocycles. The summed E-state index contributed by atoms with van der Waals surface area (Å²) in [7, 11) is 0. The standard InChI is InChI=1S/C18H17BrF2N2O2S/c19-18(20,21)17(25)23-16-14(12-9-5-2-6-10-13(12)26-16)15(24)22-11-7-3-1-4-8-11/h1,3-4,7-8H,2,5-6,9-10H2,(H,22,24)(H,23,25). The van der Waals surface area contributed by atoms with Gasteiger partial charge in [0.25, 0.3) is 5.91 Å². The van der Waals surface area contributed by atoms with Gasteiger partial charge in [0, 0.05) is 26.5 Å². The molecule has 0 bridgehead atoms. The Kier molecular flexibility index (Phi) is 5.72. The zero-order chi connectivity index (χ0) is 18.7. The summed E-state index contributed by atoms with van der Waals surface area (Å²) in [6.07, 6.45) is 4.45. The van der Waals surface area contributed by atoms with Gasteiger partial charge in [0.05, 0.1) is 5.56 Å². The molecule has 0 fully saturated rings. The zero-order valence-corrected chi connectivity index (χ0v) is 16.2. The summed E-state index contributed by atoms with van der Waals surface area (Å²) in [6, 6.07) is 8.90. The quantitative estimate of drug-likeness (QED) is 0.505. The second-order valence-corrected chi connectivity index (χ2v) is 8.14. The predicted octanol–water partition coefficient (Wildman–Crippen LogP) is 5.20. The van der Waals surface area contributed by atoms with Crippen molar-refractivity contribution in [3.05, 3.63) is 46.3 Å². The second-order valence-electron chi connectivity index (χ2n) is 6.04. The number of nitrogens with one attached hydrogen (secondary N) is 2. The van der Waals surface area contributed by atoms with Crippen molar-refractivity contribution in [3.8, 4) is 0 Å². The van der Waals surface area contributed by atoms with Crippen LogP contribution in [0.25, 0.3) is 0 Å². The maximum absolute atomic E-state index is 13.2. The van der Waals surface area contributed by atoms with Crippen LogP contribution in [0.2, 0.25) is 0 Å². The van der Waals surface area contributed by atoms with E-state index in [0.29, 0.717) is 17.7 Å². The predicted molar refractivity (Wildman–Crippen MR) is 102 cm³/mol. The number of alkyl halides is 3. The molecule has 2 amide bonds. The van der Waals surface area contributed by atoms with Crippen LogP contribution in [0.15, 0.2) is 30.3 Å². The van der Waals surface area contributed by atoms with Crippen LogP contribution in [0.1, 0.15) is 40.1 Å². The largest absolute Gasteiger partial charge is 0.378 e. The van der Waals surface area contributed by atoms with Gasteiger partial charge >= 0.3 is 10.7 Å². The number of rotatable bonds is 4. The lowest BCUT2D eigenvalue weighted by Gasteiger charge is -2.12. The minimum atomic E-state index is -3.69. The average Bonchev–Trinajstić information content (AvgIpc) is 2.76. The van der Waals surface area contributed by atoms with Gasteiger partial charge in [0.2, 0.25) is 0 Å². The molecule has 0 saturated carbocycles. The summed E-state index contributed by atoms with van der Waals surface area (Å²) in [5, 5.41) is 5.18. The fourth-order valence-corrected chi connectivity index (χ4v) is 4.34. The van der Waals surface area contributed by atoms with E-state index >= 15 is 0 Å². The van der Waals surface area contributed by atoms with Gasteiger partial charge in [-0.25, -0.2) is 0 Å². The Hall–Kier alpha value is -1.80. The van der Waals surface area contributed by atoms with Crippen molar-refractivity contribution in [1.29, 1.82) is 0 Å². The monoisotopic (exact) mass is 442 g/mol. The first-order valence-electron chi connectivity index (χ1n) is 8.25. The number of carbonyl (C=O) groups excluding carboxylic acids is 2. The number of para-hydroxylation sites is 1. The molecule has 1 aliphatic rings. The minimum absolute atomic E-state index is 0.175. The van der Waals surface area contributed by atoms with Crippen LogP contribution >= 0.6 is 27.3 Å². The van der Waals surface area contributed by atoms with Crippen LogP contribution in [-0.2, 0) is 17.6 Å². The molecule has 1 aliphatic carbocycles. The number of hydrogen-bond acceptors (Lipinski definition) is 3. The van der Waals surface area contributed by atoms with Crippen molar-refractivity contribution < 1.29 is 18.4 Å². The maximum Gasteiger partial charge on any atom is 0.378 e. The molecular weight excluding hydrogens is 426 g/mol. The van der Waals surface area contributed by atoms with Gasteiger partial charge in [-0.15, -0.1) is 11.3 Å². The van der Waals surface area contributed by atoms with Crippen molar-refractivity contribution in [3.63, 3.8) is 0 Å². The number of benzene rings is 1. The third-order valence-electron chi connectivity index (χ3n) is 4.16. The van der Waals surface area contributed by atoms with E-state index in [9.17, 15) is 18.4 Å². The van der Waals surface area contributed by atoms with E-state index in [1.165, 1.54) is 11.3 Å². The van der Waals surface area contributed by atoms with Crippen molar-refractivity contribution in [2.24, 2.45) is 0 Å². The number of amides is 2. The molecule has 138 valence electrons. The molecule has 0 atom stereocenters. The molecule has 0 saturated heterocycles. The van der Waals surface area contributed by atoms with Crippen LogP contribution in [-0.4, -0.2) is 16.6 Å². The number of fused-ring (bicyclic) bond motifs is 1. The smallest absolute Gasteiger partial charge is 0.322 e. The minimum Gasteiger partial charge on any atom is -0.322 e. The number of thiophene rings is 1. The topological polar surface area (TPSA) is 58.2 Å². The molecule has 26 heavy (non-hydrogen) atoms. The molecule has 2 N–H and O–H groups in total. The van der Waals surface area contributed by atoms with E-state index in [0.717, 1.165) is 36.1 Å². The van der Waals surface area contributed by atoms with Gasteiger partial charge in [0.15, 0.2) is 0 Å². The molecule has 0 aliphatic heterocycles. The Bertz CT molecular complexity index is 819. The Morgan fingerprint density at radius 3 is 2.42 bits per heavy atom. The van der Waals surface area contributed by atoms with Gasteiger partial charge in [-0.1, -0.05) is 24.6 Å². The lowest BCUT2D eigenvalue weighted by atomic mass is 10.0. The van der Waals surface area contributed by atoms with E-state index in [-0.39, 0.29) is 5.00 Å². The number of hydrogen-bond donors (Lipinski definition) is 2. The first-order chi connectivity index (χ1) is 12.4. The Morgan fingerprint density at radius 1 is 1.04 bits per heavy atom. The summed E-state index contributed by atoms with van der Waals surface area (Å²) < 4.78 is 26.5. The second kappa shape index (κ2) is 7.84. The van der Waals surface area contributed by atoms with Crippen molar-refractivity contribution in [2.75, 3.05) is 10.6 Å². The van der Waals surface area contributed by atoms with Gasteiger partial charge in [0.1, 0.15) is 5.00 Å². The molecule has 0 spiro atoms. The van der Waals surface area contributed by atoms with E-state index in [4.69, 9.17) is 0 Å². The molecular formula is C18H17BrF2N2O2S. The lowest BCUT2D eigenvalue weighted by molar-refractivity contribution is -0.128. The summed E-state index contributed by atoms with van der Waals surface area (Å²) in [4.78, 5) is 21.9. The Balaban J connectivity index is 1.96. The lowest BCUT2D eigenvalue weighted by Crippen LogP contribution is -2.29. The van der Waals surface area contributed by atoms with Gasteiger partial charge in [-0.05, 0) is 43.4 Å². The molecule has 3 rings (SSSR count). The average molecular weight is 443 g/mol. The fraction of sp³-hybridized carbons (Fsp3) is 0.333. The molecule has 2 aromatic rings. The first kappa shape index (κ1) is 19.0. The summed E-state index contributed by atoms with van der Waals surface area (Å²) in [5.74, 6) is -1.88. The molecule has 8 heteroatoms. The zero-order valence-electron chi connectivity index (χ0n) is 13.8. The number of halogens is 3. The van der Waals surface area contributed by atoms with Crippen LogP contribution in [0, 0.1) is 0 Å². The fourth-order valence-electron chi connectivity index (χ4n) is 2.96. The third kappa shape index (κ3) is 4.29. The Morgan fingerprint density at radius 2 is 1.73 bits per heavy atom. The number of carbonyl (C=O) groups is 2. The molecule has 1 aromatic carbocycles. The van der Waals surface area contributed by atoms with Crippen molar-refractivity contribution in [1.82, 2.24) is 0 Å². The maximum atomic E-state index is 13.2. The molecule has 4 nitrogen and oxygen atoms in total. The molecule has 1 aromatic heterocycles. The highest BCUT2D eigenvalue weighted by Gasteiger charge is 2.37. The van der Waals surface area contributed by atoms with E-state index in [2.05, 4.69) is 26.6 Å². The Labute approximate surface area is 162 Å². The molecule has 0 radical (unpaired) electrons. The highest BCUT2D eigenvalue weighted by atomic mass is 79.9. The first-order valence-corrected chi connectivity index (χ1v) is 9.86. The summed E-state index contributed by atoms with van der Waals surface area (Å²) >= 11 is 3.27. The van der Waals surface area contributed by atoms with E-state index in [1.54, 1.807) is 24.3 Å². The van der Waals surface area contributed by atoms with E-state index in [1.807, 2.05) is 6.07 Å². The van der Waals surface area contributed by atoms with Crippen LogP contribution in [0.3, 0.4) is 0 Å². The third-order valence-corrected chi connectivity index (χ3v) is 5.73. The van der Waals surface area contributed by atoms with E-state index < -0.39 is 16.6 Å². The van der Waals surface area contributed by atoms with Crippen molar-refractivity contribution >= 4 is 49.8 Å².